The first kappa shape index (κ1) is 16.7. The normalized spacial score (nSPS) is 14.7. The smallest absolute Gasteiger partial charge is 0.135 e. The Kier molecular flexibility index (Phi) is 6.42. The highest BCUT2D eigenvalue weighted by atomic mass is 79.9. The number of hydrogen-bond acceptors (Lipinski definition) is 4. The lowest BCUT2D eigenvalue weighted by molar-refractivity contribution is 0.300. The van der Waals surface area contributed by atoms with Crippen molar-refractivity contribution in [2.45, 2.75) is 46.0 Å². The van der Waals surface area contributed by atoms with Gasteiger partial charge in [-0.15, -0.1) is 0 Å². The van der Waals surface area contributed by atoms with Gasteiger partial charge in [0.2, 0.25) is 0 Å². The van der Waals surface area contributed by atoms with Gasteiger partial charge in [-0.2, -0.15) is 0 Å². The lowest BCUT2D eigenvalue weighted by atomic mass is 10.3. The molecule has 21 heavy (non-hydrogen) atoms. The second kappa shape index (κ2) is 8.08. The van der Waals surface area contributed by atoms with Crippen molar-refractivity contribution in [2.24, 2.45) is 0 Å². The van der Waals surface area contributed by atoms with Gasteiger partial charge in [-0.25, -0.2) is 9.97 Å². The summed E-state index contributed by atoms with van der Waals surface area (Å²) in [7, 11) is 0. The van der Waals surface area contributed by atoms with Crippen LogP contribution in [0.15, 0.2) is 10.7 Å². The second-order valence-electron chi connectivity index (χ2n) is 5.64. The Balaban J connectivity index is 1.96. The monoisotopic (exact) mass is 354 g/mol. The molecule has 1 fully saturated rings. The molecule has 0 radical (unpaired) electrons. The van der Waals surface area contributed by atoms with Crippen molar-refractivity contribution in [3.05, 3.63) is 16.5 Å². The predicted octanol–water partition coefficient (Wildman–Crippen LogP) is 3.67. The Hall–Kier alpha value is -0.680. The third-order valence-corrected chi connectivity index (χ3v) is 4.55. The molecule has 0 atom stereocenters. The number of anilines is 1. The van der Waals surface area contributed by atoms with Gasteiger partial charge in [0.1, 0.15) is 16.2 Å². The molecule has 1 aromatic rings. The van der Waals surface area contributed by atoms with E-state index in [4.69, 9.17) is 4.98 Å². The lowest BCUT2D eigenvalue weighted by Gasteiger charge is -2.24. The molecule has 1 heterocycles. The molecule has 118 valence electrons. The maximum atomic E-state index is 4.78. The largest absolute Gasteiger partial charge is 0.357 e. The van der Waals surface area contributed by atoms with Crippen molar-refractivity contribution in [2.75, 3.05) is 37.6 Å². The number of halogens is 1. The van der Waals surface area contributed by atoms with E-state index in [-0.39, 0.29) is 0 Å². The molecule has 2 rings (SSSR count). The van der Waals surface area contributed by atoms with Crippen LogP contribution in [0.5, 0.6) is 0 Å². The van der Waals surface area contributed by atoms with Crippen LogP contribution >= 0.6 is 15.9 Å². The summed E-state index contributed by atoms with van der Waals surface area (Å²) in [6.07, 6.45) is 3.66. The summed E-state index contributed by atoms with van der Waals surface area (Å²) in [4.78, 5) is 14.1. The maximum Gasteiger partial charge on any atom is 0.135 e. The van der Waals surface area contributed by atoms with Gasteiger partial charge in [-0.05, 0) is 61.8 Å². The molecule has 0 aromatic carbocycles. The molecule has 1 saturated carbocycles. The summed E-state index contributed by atoms with van der Waals surface area (Å²) in [5.41, 5.74) is 0. The zero-order chi connectivity index (χ0) is 15.2. The lowest BCUT2D eigenvalue weighted by Crippen LogP contribution is -2.30. The summed E-state index contributed by atoms with van der Waals surface area (Å²) >= 11 is 3.53. The number of nitrogens with zero attached hydrogens (tertiary/aromatic N) is 4. The van der Waals surface area contributed by atoms with Crippen LogP contribution in [-0.4, -0.2) is 47.6 Å². The fraction of sp³-hybridized carbons (Fsp3) is 0.750. The minimum absolute atomic E-state index is 0.593. The van der Waals surface area contributed by atoms with Gasteiger partial charge in [-0.1, -0.05) is 13.8 Å². The Bertz CT molecular complexity index is 444. The zero-order valence-electron chi connectivity index (χ0n) is 13.5. The third-order valence-electron chi connectivity index (χ3n) is 4.14. The first-order chi connectivity index (χ1) is 10.2. The number of aromatic nitrogens is 2. The van der Waals surface area contributed by atoms with Crippen LogP contribution in [0.25, 0.3) is 0 Å². The minimum Gasteiger partial charge on any atom is -0.357 e. The first-order valence-corrected chi connectivity index (χ1v) is 8.98. The second-order valence-corrected chi connectivity index (χ2v) is 6.45. The minimum atomic E-state index is 0.593. The molecule has 0 bridgehead atoms. The van der Waals surface area contributed by atoms with Gasteiger partial charge in [0.05, 0.1) is 0 Å². The molecule has 0 amide bonds. The predicted molar refractivity (Wildman–Crippen MR) is 92.0 cm³/mol. The van der Waals surface area contributed by atoms with Crippen LogP contribution in [0.2, 0.25) is 0 Å². The van der Waals surface area contributed by atoms with E-state index in [1.165, 1.54) is 19.3 Å². The molecule has 0 aliphatic heterocycles. The van der Waals surface area contributed by atoms with Crippen LogP contribution in [0.1, 0.15) is 51.8 Å². The van der Waals surface area contributed by atoms with E-state index in [0.29, 0.717) is 5.92 Å². The van der Waals surface area contributed by atoms with Crippen molar-refractivity contribution in [3.8, 4) is 0 Å². The molecule has 0 saturated heterocycles. The molecule has 1 aromatic heterocycles. The molecule has 4 nitrogen and oxygen atoms in total. The molecular weight excluding hydrogens is 328 g/mol. The highest BCUT2D eigenvalue weighted by Crippen LogP contribution is 2.39. The molecule has 1 aliphatic carbocycles. The molecule has 0 N–H and O–H groups in total. The van der Waals surface area contributed by atoms with Crippen molar-refractivity contribution < 1.29 is 0 Å². The average molecular weight is 355 g/mol. The SMILES string of the molecule is CCN(CC)CCCN(CC)c1cc(Br)nc(C2CC2)n1. The van der Waals surface area contributed by atoms with E-state index in [1.54, 1.807) is 0 Å². The quantitative estimate of drug-likeness (QED) is 0.633. The van der Waals surface area contributed by atoms with Crippen LogP contribution < -0.4 is 4.90 Å². The molecule has 5 heteroatoms. The molecule has 0 unspecified atom stereocenters. The van der Waals surface area contributed by atoms with Crippen LogP contribution in [0.3, 0.4) is 0 Å². The Morgan fingerprint density at radius 1 is 1.10 bits per heavy atom. The highest BCUT2D eigenvalue weighted by molar-refractivity contribution is 9.10. The average Bonchev–Trinajstić information content (AvgIpc) is 3.31. The van der Waals surface area contributed by atoms with Gasteiger partial charge in [0.15, 0.2) is 0 Å². The zero-order valence-corrected chi connectivity index (χ0v) is 15.1. The highest BCUT2D eigenvalue weighted by Gasteiger charge is 2.27. The number of hydrogen-bond donors (Lipinski definition) is 0. The van der Waals surface area contributed by atoms with Gasteiger partial charge in [0.25, 0.3) is 0 Å². The first-order valence-electron chi connectivity index (χ1n) is 8.19. The summed E-state index contributed by atoms with van der Waals surface area (Å²) in [6, 6.07) is 2.05. The Morgan fingerprint density at radius 2 is 1.81 bits per heavy atom. The Labute approximate surface area is 137 Å². The fourth-order valence-electron chi connectivity index (χ4n) is 2.57. The molecule has 1 aliphatic rings. The van der Waals surface area contributed by atoms with Crippen molar-refractivity contribution in [3.63, 3.8) is 0 Å². The van der Waals surface area contributed by atoms with Crippen molar-refractivity contribution >= 4 is 21.7 Å². The van der Waals surface area contributed by atoms with Crippen molar-refractivity contribution in [1.29, 1.82) is 0 Å². The number of rotatable bonds is 9. The van der Waals surface area contributed by atoms with Gasteiger partial charge < -0.3 is 9.80 Å². The fourth-order valence-corrected chi connectivity index (χ4v) is 2.96. The van der Waals surface area contributed by atoms with Crippen LogP contribution in [-0.2, 0) is 0 Å². The van der Waals surface area contributed by atoms with E-state index in [9.17, 15) is 0 Å². The van der Waals surface area contributed by atoms with Gasteiger partial charge in [0, 0.05) is 25.1 Å². The maximum absolute atomic E-state index is 4.78. The van der Waals surface area contributed by atoms with E-state index in [0.717, 1.165) is 49.0 Å². The topological polar surface area (TPSA) is 32.3 Å². The summed E-state index contributed by atoms with van der Waals surface area (Å²) in [5.74, 6) is 2.68. The standard InChI is InChI=1S/C16H27BrN4/c1-4-20(5-2)10-7-11-21(6-3)15-12-14(17)18-16(19-15)13-8-9-13/h12-13H,4-11H2,1-3H3. The van der Waals surface area contributed by atoms with E-state index in [1.807, 2.05) is 6.07 Å². The summed E-state index contributed by atoms with van der Waals surface area (Å²) in [5, 5.41) is 0. The van der Waals surface area contributed by atoms with E-state index in [2.05, 4.69) is 51.5 Å². The van der Waals surface area contributed by atoms with Crippen LogP contribution in [0.4, 0.5) is 5.82 Å². The summed E-state index contributed by atoms with van der Waals surface area (Å²) in [6.45, 7) is 12.1. The van der Waals surface area contributed by atoms with Crippen molar-refractivity contribution in [1.82, 2.24) is 14.9 Å². The Morgan fingerprint density at radius 3 is 2.38 bits per heavy atom. The summed E-state index contributed by atoms with van der Waals surface area (Å²) < 4.78 is 0.914. The van der Waals surface area contributed by atoms with Gasteiger partial charge in [-0.3, -0.25) is 0 Å². The van der Waals surface area contributed by atoms with Gasteiger partial charge >= 0.3 is 0 Å². The molecular formula is C16H27BrN4. The third kappa shape index (κ3) is 4.92. The van der Waals surface area contributed by atoms with E-state index < -0.39 is 0 Å². The van der Waals surface area contributed by atoms with E-state index >= 15 is 0 Å². The van der Waals surface area contributed by atoms with Crippen LogP contribution in [0, 0.1) is 0 Å². The molecule has 0 spiro atoms.